The molecule has 1 fully saturated rings. The molecule has 1 saturated heterocycles. The van der Waals surface area contributed by atoms with Crippen molar-refractivity contribution in [3.8, 4) is 0 Å². The predicted octanol–water partition coefficient (Wildman–Crippen LogP) is 1.72. The van der Waals surface area contributed by atoms with Gasteiger partial charge in [0.2, 0.25) is 5.91 Å². The molecule has 2 aliphatic rings. The quantitative estimate of drug-likeness (QED) is 0.525. The second kappa shape index (κ2) is 12.0. The highest BCUT2D eigenvalue weighted by molar-refractivity contribution is 5.96. The van der Waals surface area contributed by atoms with Gasteiger partial charge in [-0.25, -0.2) is 0 Å². The number of aryl methyl sites for hydroxylation is 2. The molecular weight excluding hydrogens is 412 g/mol. The number of esters is 1. The summed E-state index contributed by atoms with van der Waals surface area (Å²) in [6.07, 6.45) is 4.99. The molecule has 32 heavy (non-hydrogen) atoms. The maximum Gasteiger partial charge on any atom is 0.309 e. The number of hydrogen-bond donors (Lipinski definition) is 1. The Morgan fingerprint density at radius 3 is 2.69 bits per heavy atom. The van der Waals surface area contributed by atoms with Crippen molar-refractivity contribution in [2.24, 2.45) is 5.92 Å². The fourth-order valence-corrected chi connectivity index (χ4v) is 4.34. The number of nitrogens with zero attached hydrogens (tertiary/aromatic N) is 3. The summed E-state index contributed by atoms with van der Waals surface area (Å²) in [6, 6.07) is 0. The van der Waals surface area contributed by atoms with Crippen LogP contribution in [-0.4, -0.2) is 71.9 Å². The lowest BCUT2D eigenvalue weighted by Crippen LogP contribution is -2.39. The number of carbonyl (C=O) groups is 3. The molecule has 0 saturated carbocycles. The van der Waals surface area contributed by atoms with E-state index in [9.17, 15) is 14.4 Å². The van der Waals surface area contributed by atoms with E-state index >= 15 is 0 Å². The highest BCUT2D eigenvalue weighted by Crippen LogP contribution is 2.20. The molecule has 0 atom stereocenters. The monoisotopic (exact) mass is 448 g/mol. The number of ether oxygens (including phenoxy) is 2. The van der Waals surface area contributed by atoms with E-state index in [1.807, 2.05) is 11.6 Å². The molecule has 3 rings (SSSR count). The number of hydrogen-bond acceptors (Lipinski definition) is 6. The van der Waals surface area contributed by atoms with Crippen LogP contribution in [0.1, 0.15) is 67.7 Å². The van der Waals surface area contributed by atoms with Gasteiger partial charge in [0.25, 0.3) is 5.91 Å². The number of likely N-dealkylation sites (tertiary alicyclic amines) is 1. The zero-order valence-corrected chi connectivity index (χ0v) is 19.4. The van der Waals surface area contributed by atoms with Crippen molar-refractivity contribution in [1.29, 1.82) is 0 Å². The zero-order chi connectivity index (χ0) is 22.9. The Hall–Kier alpha value is -2.42. The van der Waals surface area contributed by atoms with E-state index in [-0.39, 0.29) is 23.7 Å². The summed E-state index contributed by atoms with van der Waals surface area (Å²) in [7, 11) is 0. The summed E-state index contributed by atoms with van der Waals surface area (Å²) in [5.74, 6) is -0.325. The van der Waals surface area contributed by atoms with E-state index in [1.165, 1.54) is 0 Å². The highest BCUT2D eigenvalue weighted by Gasteiger charge is 2.27. The minimum atomic E-state index is -0.182. The third kappa shape index (κ3) is 6.31. The van der Waals surface area contributed by atoms with Crippen LogP contribution in [0, 0.1) is 5.92 Å². The average Bonchev–Trinajstić information content (AvgIpc) is 3.13. The van der Waals surface area contributed by atoms with Crippen LogP contribution in [0.4, 0.5) is 0 Å². The lowest BCUT2D eigenvalue weighted by molar-refractivity contribution is -0.151. The molecule has 2 aliphatic heterocycles. The van der Waals surface area contributed by atoms with Gasteiger partial charge in [0.05, 0.1) is 29.5 Å². The summed E-state index contributed by atoms with van der Waals surface area (Å²) in [5, 5.41) is 7.68. The van der Waals surface area contributed by atoms with Gasteiger partial charge in [0.1, 0.15) is 0 Å². The van der Waals surface area contributed by atoms with Gasteiger partial charge in [-0.15, -0.1) is 0 Å². The fraction of sp³-hybridized carbons (Fsp3) is 0.739. The predicted molar refractivity (Wildman–Crippen MR) is 118 cm³/mol. The van der Waals surface area contributed by atoms with Gasteiger partial charge < -0.3 is 19.7 Å². The molecule has 178 valence electrons. The Morgan fingerprint density at radius 2 is 1.97 bits per heavy atom. The summed E-state index contributed by atoms with van der Waals surface area (Å²) >= 11 is 0. The van der Waals surface area contributed by atoms with Crippen LogP contribution in [0.25, 0.3) is 0 Å². The van der Waals surface area contributed by atoms with Gasteiger partial charge in [-0.2, -0.15) is 5.10 Å². The minimum Gasteiger partial charge on any atom is -0.465 e. The van der Waals surface area contributed by atoms with Crippen LogP contribution in [0.5, 0.6) is 0 Å². The summed E-state index contributed by atoms with van der Waals surface area (Å²) in [5.41, 5.74) is 2.45. The van der Waals surface area contributed by atoms with Crippen molar-refractivity contribution in [2.45, 2.75) is 65.3 Å². The first kappa shape index (κ1) is 24.2. The van der Waals surface area contributed by atoms with Gasteiger partial charge in [-0.05, 0) is 38.5 Å². The van der Waals surface area contributed by atoms with E-state index in [0.717, 1.165) is 30.7 Å². The zero-order valence-electron chi connectivity index (χ0n) is 19.4. The molecule has 0 aliphatic carbocycles. The number of nitrogens with one attached hydrogen (secondary N) is 1. The first-order valence-electron chi connectivity index (χ1n) is 11.9. The number of aromatic nitrogens is 2. The Kier molecular flexibility index (Phi) is 9.08. The summed E-state index contributed by atoms with van der Waals surface area (Å²) in [4.78, 5) is 38.4. The van der Waals surface area contributed by atoms with Crippen molar-refractivity contribution in [3.63, 3.8) is 0 Å². The van der Waals surface area contributed by atoms with E-state index in [2.05, 4.69) is 5.32 Å². The number of amides is 2. The smallest absolute Gasteiger partial charge is 0.309 e. The third-order valence-corrected chi connectivity index (χ3v) is 6.18. The fourth-order valence-electron chi connectivity index (χ4n) is 4.34. The summed E-state index contributed by atoms with van der Waals surface area (Å²) in [6.45, 7) is 7.61. The molecule has 9 nitrogen and oxygen atoms in total. The van der Waals surface area contributed by atoms with Crippen LogP contribution in [0.3, 0.4) is 0 Å². The van der Waals surface area contributed by atoms with Crippen molar-refractivity contribution < 1.29 is 23.9 Å². The van der Waals surface area contributed by atoms with Gasteiger partial charge in [0, 0.05) is 52.7 Å². The van der Waals surface area contributed by atoms with E-state index < -0.39 is 0 Å². The number of piperidine rings is 1. The molecule has 2 amide bonds. The molecular formula is C23H36N4O5. The largest absolute Gasteiger partial charge is 0.465 e. The number of rotatable bonds is 6. The second-order valence-corrected chi connectivity index (χ2v) is 8.47. The van der Waals surface area contributed by atoms with Crippen LogP contribution in [-0.2, 0) is 38.4 Å². The minimum absolute atomic E-state index is 0.0551. The van der Waals surface area contributed by atoms with Crippen LogP contribution in [0.2, 0.25) is 0 Å². The Balaban J connectivity index is 1.55. The summed E-state index contributed by atoms with van der Waals surface area (Å²) < 4.78 is 13.1. The molecule has 0 spiro atoms. The standard InChI is InChI=1S/C23H36N4O5/c1-3-19-21-20(7-4-14-31-15-5-10-24-22(21)29)27(25-19)11-6-16-32-23(30)18-8-12-26(13-9-18)17(2)28/h18H,3-16H2,1-2H3,(H,24,29). The van der Waals surface area contributed by atoms with Gasteiger partial charge in [-0.1, -0.05) is 6.92 Å². The van der Waals surface area contributed by atoms with E-state index in [0.29, 0.717) is 77.2 Å². The molecule has 0 unspecified atom stereocenters. The molecule has 1 N–H and O–H groups in total. The van der Waals surface area contributed by atoms with Gasteiger partial charge in [-0.3, -0.25) is 19.1 Å². The maximum absolute atomic E-state index is 12.8. The van der Waals surface area contributed by atoms with Crippen molar-refractivity contribution in [3.05, 3.63) is 17.0 Å². The highest BCUT2D eigenvalue weighted by atomic mass is 16.5. The first-order chi connectivity index (χ1) is 15.5. The van der Waals surface area contributed by atoms with Crippen LogP contribution in [0.15, 0.2) is 0 Å². The molecule has 0 bridgehead atoms. The number of fused-ring (bicyclic) bond motifs is 1. The van der Waals surface area contributed by atoms with Gasteiger partial charge in [0.15, 0.2) is 0 Å². The molecule has 9 heteroatoms. The lowest BCUT2D eigenvalue weighted by atomic mass is 9.97. The van der Waals surface area contributed by atoms with Crippen molar-refractivity contribution in [2.75, 3.05) is 39.5 Å². The third-order valence-electron chi connectivity index (χ3n) is 6.18. The number of carbonyl (C=O) groups excluding carboxylic acids is 3. The molecule has 0 radical (unpaired) electrons. The van der Waals surface area contributed by atoms with Crippen LogP contribution < -0.4 is 5.32 Å². The average molecular weight is 449 g/mol. The molecule has 1 aromatic heterocycles. The SMILES string of the molecule is CCc1nn(CCCOC(=O)C2CCN(C(C)=O)CC2)c2c1C(=O)NCCCOCCC2. The normalized spacial score (nSPS) is 18.4. The van der Waals surface area contributed by atoms with E-state index in [4.69, 9.17) is 14.6 Å². The topological polar surface area (TPSA) is 103 Å². The van der Waals surface area contributed by atoms with Gasteiger partial charge >= 0.3 is 5.97 Å². The molecule has 1 aromatic rings. The lowest BCUT2D eigenvalue weighted by Gasteiger charge is -2.30. The van der Waals surface area contributed by atoms with Crippen LogP contribution >= 0.6 is 0 Å². The Morgan fingerprint density at radius 1 is 1.22 bits per heavy atom. The van der Waals surface area contributed by atoms with Crippen molar-refractivity contribution >= 4 is 17.8 Å². The first-order valence-corrected chi connectivity index (χ1v) is 11.9. The van der Waals surface area contributed by atoms with Crippen molar-refractivity contribution in [1.82, 2.24) is 20.0 Å². The van der Waals surface area contributed by atoms with E-state index in [1.54, 1.807) is 11.8 Å². The molecule has 3 heterocycles. The Bertz CT molecular complexity index is 799. The second-order valence-electron chi connectivity index (χ2n) is 8.47. The molecule has 0 aromatic carbocycles. The Labute approximate surface area is 189 Å². The maximum atomic E-state index is 12.8.